The molecule has 98 valence electrons. The number of amides is 1. The van der Waals surface area contributed by atoms with Crippen molar-refractivity contribution < 1.29 is 4.79 Å². The van der Waals surface area contributed by atoms with Crippen molar-refractivity contribution in [2.24, 2.45) is 5.92 Å². The van der Waals surface area contributed by atoms with Crippen LogP contribution >= 0.6 is 0 Å². The second kappa shape index (κ2) is 6.58. The van der Waals surface area contributed by atoms with Gasteiger partial charge in [0.05, 0.1) is 0 Å². The lowest BCUT2D eigenvalue weighted by Gasteiger charge is -2.31. The van der Waals surface area contributed by atoms with Crippen molar-refractivity contribution in [2.45, 2.75) is 39.0 Å². The summed E-state index contributed by atoms with van der Waals surface area (Å²) < 4.78 is 0. The van der Waals surface area contributed by atoms with Crippen LogP contribution in [0.25, 0.3) is 0 Å². The summed E-state index contributed by atoms with van der Waals surface area (Å²) in [7, 11) is 0. The Hall–Kier alpha value is -1.31. The van der Waals surface area contributed by atoms with Crippen LogP contribution in [0.1, 0.15) is 38.2 Å². The number of rotatable bonds is 4. The van der Waals surface area contributed by atoms with E-state index < -0.39 is 0 Å². The first-order chi connectivity index (χ1) is 8.75. The Morgan fingerprint density at radius 2 is 1.89 bits per heavy atom. The zero-order valence-corrected chi connectivity index (χ0v) is 11.3. The van der Waals surface area contributed by atoms with Crippen molar-refractivity contribution >= 4 is 5.91 Å². The predicted octanol–water partition coefficient (Wildman–Crippen LogP) is 3.27. The van der Waals surface area contributed by atoms with E-state index in [-0.39, 0.29) is 5.91 Å². The maximum Gasteiger partial charge on any atom is 0.219 e. The van der Waals surface area contributed by atoms with Crippen LogP contribution in [0, 0.1) is 5.92 Å². The highest BCUT2D eigenvalue weighted by molar-refractivity contribution is 5.73. The minimum Gasteiger partial charge on any atom is -0.343 e. The van der Waals surface area contributed by atoms with Crippen LogP contribution in [0.15, 0.2) is 30.3 Å². The third-order valence-electron chi connectivity index (χ3n) is 3.98. The molecule has 1 aliphatic rings. The molecule has 0 unspecified atom stereocenters. The summed E-state index contributed by atoms with van der Waals surface area (Å²) in [6.07, 6.45) is 6.14. The van der Waals surface area contributed by atoms with E-state index in [1.165, 1.54) is 37.7 Å². The molecular formula is C16H23NO. The van der Waals surface area contributed by atoms with Crippen LogP contribution < -0.4 is 0 Å². The van der Waals surface area contributed by atoms with Crippen LogP contribution in [0.5, 0.6) is 0 Å². The van der Waals surface area contributed by atoms with E-state index >= 15 is 0 Å². The molecule has 0 N–H and O–H groups in total. The van der Waals surface area contributed by atoms with Gasteiger partial charge in [0.2, 0.25) is 5.91 Å². The van der Waals surface area contributed by atoms with Gasteiger partial charge in [-0.3, -0.25) is 4.79 Å². The molecule has 1 aromatic rings. The Labute approximate surface area is 110 Å². The average molecular weight is 245 g/mol. The topological polar surface area (TPSA) is 20.3 Å². The molecule has 0 atom stereocenters. The first-order valence-electron chi connectivity index (χ1n) is 7.05. The Bertz CT molecular complexity index is 366. The van der Waals surface area contributed by atoms with E-state index in [0.29, 0.717) is 0 Å². The molecular weight excluding hydrogens is 222 g/mol. The molecule has 1 aromatic carbocycles. The summed E-state index contributed by atoms with van der Waals surface area (Å²) in [5.41, 5.74) is 1.44. The number of nitrogens with zero attached hydrogens (tertiary/aromatic N) is 1. The predicted molar refractivity (Wildman–Crippen MR) is 74.4 cm³/mol. The number of carbonyl (C=O) groups is 1. The fraction of sp³-hybridized carbons (Fsp3) is 0.562. The Morgan fingerprint density at radius 3 is 2.50 bits per heavy atom. The summed E-state index contributed by atoms with van der Waals surface area (Å²) in [5, 5.41) is 0. The van der Waals surface area contributed by atoms with Crippen molar-refractivity contribution in [2.75, 3.05) is 13.1 Å². The van der Waals surface area contributed by atoms with E-state index in [9.17, 15) is 4.79 Å². The minimum absolute atomic E-state index is 0.234. The fourth-order valence-electron chi connectivity index (χ4n) is 2.78. The smallest absolute Gasteiger partial charge is 0.219 e. The van der Waals surface area contributed by atoms with Crippen LogP contribution in [0.4, 0.5) is 0 Å². The monoisotopic (exact) mass is 245 g/mol. The molecule has 0 radical (unpaired) electrons. The summed E-state index contributed by atoms with van der Waals surface area (Å²) in [6.45, 7) is 3.60. The largest absolute Gasteiger partial charge is 0.343 e. The quantitative estimate of drug-likeness (QED) is 0.797. The van der Waals surface area contributed by atoms with E-state index in [2.05, 4.69) is 30.3 Å². The summed E-state index contributed by atoms with van der Waals surface area (Å²) >= 11 is 0. The molecule has 1 fully saturated rings. The molecule has 0 saturated carbocycles. The van der Waals surface area contributed by atoms with Gasteiger partial charge in [0.25, 0.3) is 0 Å². The molecule has 18 heavy (non-hydrogen) atoms. The van der Waals surface area contributed by atoms with Crippen molar-refractivity contribution in [3.8, 4) is 0 Å². The van der Waals surface area contributed by atoms with E-state index in [1.807, 2.05) is 4.90 Å². The highest BCUT2D eigenvalue weighted by atomic mass is 16.2. The normalized spacial score (nSPS) is 16.8. The molecule has 0 spiro atoms. The van der Waals surface area contributed by atoms with Gasteiger partial charge in [0.1, 0.15) is 0 Å². The standard InChI is InChI=1S/C16H23NO/c1-14(18)17-12-10-16(11-13-17)9-5-8-15-6-3-2-4-7-15/h2-4,6-7,16H,5,8-13H2,1H3. The maximum absolute atomic E-state index is 11.2. The zero-order chi connectivity index (χ0) is 12.8. The van der Waals surface area contributed by atoms with Gasteiger partial charge in [0, 0.05) is 20.0 Å². The van der Waals surface area contributed by atoms with Gasteiger partial charge in [-0.05, 0) is 43.6 Å². The summed E-state index contributed by atoms with van der Waals surface area (Å²) in [4.78, 5) is 13.2. The van der Waals surface area contributed by atoms with Gasteiger partial charge in [-0.1, -0.05) is 30.3 Å². The third kappa shape index (κ3) is 3.86. The molecule has 0 bridgehead atoms. The summed E-state index contributed by atoms with van der Waals surface area (Å²) in [6, 6.07) is 10.7. The second-order valence-corrected chi connectivity index (χ2v) is 5.33. The number of likely N-dealkylation sites (tertiary alicyclic amines) is 1. The highest BCUT2D eigenvalue weighted by Crippen LogP contribution is 2.22. The number of carbonyl (C=O) groups excluding carboxylic acids is 1. The fourth-order valence-corrected chi connectivity index (χ4v) is 2.78. The zero-order valence-electron chi connectivity index (χ0n) is 11.3. The van der Waals surface area contributed by atoms with Gasteiger partial charge in [0.15, 0.2) is 0 Å². The lowest BCUT2D eigenvalue weighted by molar-refractivity contribution is -0.130. The lowest BCUT2D eigenvalue weighted by atomic mass is 9.91. The highest BCUT2D eigenvalue weighted by Gasteiger charge is 2.19. The van der Waals surface area contributed by atoms with Gasteiger partial charge in [-0.25, -0.2) is 0 Å². The molecule has 1 amide bonds. The Morgan fingerprint density at radius 1 is 1.22 bits per heavy atom. The van der Waals surface area contributed by atoms with Crippen LogP contribution in [-0.4, -0.2) is 23.9 Å². The van der Waals surface area contributed by atoms with Gasteiger partial charge >= 0.3 is 0 Å². The minimum atomic E-state index is 0.234. The van der Waals surface area contributed by atoms with E-state index in [0.717, 1.165) is 19.0 Å². The molecule has 2 rings (SSSR count). The SMILES string of the molecule is CC(=O)N1CCC(CCCc2ccccc2)CC1. The number of hydrogen-bond donors (Lipinski definition) is 0. The molecule has 0 aromatic heterocycles. The van der Waals surface area contributed by atoms with Crippen molar-refractivity contribution in [1.29, 1.82) is 0 Å². The number of piperidine rings is 1. The maximum atomic E-state index is 11.2. The van der Waals surface area contributed by atoms with Gasteiger partial charge < -0.3 is 4.90 Å². The number of aryl methyl sites for hydroxylation is 1. The third-order valence-corrected chi connectivity index (χ3v) is 3.98. The van der Waals surface area contributed by atoms with Crippen molar-refractivity contribution in [1.82, 2.24) is 4.90 Å². The number of benzene rings is 1. The molecule has 2 heteroatoms. The van der Waals surface area contributed by atoms with Gasteiger partial charge in [-0.15, -0.1) is 0 Å². The van der Waals surface area contributed by atoms with E-state index in [1.54, 1.807) is 6.92 Å². The molecule has 2 nitrogen and oxygen atoms in total. The summed E-state index contributed by atoms with van der Waals surface area (Å²) in [5.74, 6) is 1.06. The molecule has 1 heterocycles. The second-order valence-electron chi connectivity index (χ2n) is 5.33. The van der Waals surface area contributed by atoms with Crippen LogP contribution in [0.3, 0.4) is 0 Å². The Kier molecular flexibility index (Phi) is 4.80. The van der Waals surface area contributed by atoms with Crippen molar-refractivity contribution in [3.05, 3.63) is 35.9 Å². The van der Waals surface area contributed by atoms with E-state index in [4.69, 9.17) is 0 Å². The first kappa shape index (κ1) is 13.1. The number of hydrogen-bond acceptors (Lipinski definition) is 1. The van der Waals surface area contributed by atoms with Crippen LogP contribution in [0.2, 0.25) is 0 Å². The molecule has 1 saturated heterocycles. The van der Waals surface area contributed by atoms with Crippen LogP contribution in [-0.2, 0) is 11.2 Å². The average Bonchev–Trinajstić information content (AvgIpc) is 2.40. The molecule has 1 aliphatic heterocycles. The lowest BCUT2D eigenvalue weighted by Crippen LogP contribution is -2.36. The first-order valence-corrected chi connectivity index (χ1v) is 7.05. The Balaban J connectivity index is 1.65. The van der Waals surface area contributed by atoms with Gasteiger partial charge in [-0.2, -0.15) is 0 Å². The molecule has 0 aliphatic carbocycles. The van der Waals surface area contributed by atoms with Crippen molar-refractivity contribution in [3.63, 3.8) is 0 Å².